The lowest BCUT2D eigenvalue weighted by Crippen LogP contribution is -2.30. The summed E-state index contributed by atoms with van der Waals surface area (Å²) >= 11 is 0. The van der Waals surface area contributed by atoms with E-state index in [9.17, 15) is 14.9 Å². The summed E-state index contributed by atoms with van der Waals surface area (Å²) in [5.74, 6) is -0.770. The number of carboxylic acid groups (broad SMARTS) is 1. The zero-order valence-corrected chi connectivity index (χ0v) is 12.2. The minimum absolute atomic E-state index is 0.220. The number of rotatable bonds is 6. The van der Waals surface area contributed by atoms with Gasteiger partial charge < -0.3 is 10.0 Å². The van der Waals surface area contributed by atoms with Gasteiger partial charge in [0.1, 0.15) is 5.56 Å². The average Bonchev–Trinajstić information content (AvgIpc) is 2.36. The minimum atomic E-state index is -1.29. The number of anilines is 1. The highest BCUT2D eigenvalue weighted by molar-refractivity contribution is 5.93. The summed E-state index contributed by atoms with van der Waals surface area (Å²) in [4.78, 5) is 23.2. The van der Waals surface area contributed by atoms with Gasteiger partial charge in [-0.2, -0.15) is 0 Å². The number of benzene rings is 1. The van der Waals surface area contributed by atoms with Gasteiger partial charge in [-0.15, -0.1) is 0 Å². The molecule has 1 aromatic rings. The Kier molecular flexibility index (Phi) is 5.07. The fourth-order valence-corrected chi connectivity index (χ4v) is 2.17. The molecule has 0 heterocycles. The van der Waals surface area contributed by atoms with Crippen LogP contribution < -0.4 is 4.90 Å². The van der Waals surface area contributed by atoms with Crippen LogP contribution in [0.15, 0.2) is 18.2 Å². The predicted molar refractivity (Wildman–Crippen MR) is 77.4 cm³/mol. The van der Waals surface area contributed by atoms with Crippen LogP contribution in [0.2, 0.25) is 0 Å². The molecule has 1 rings (SSSR count). The van der Waals surface area contributed by atoms with Crippen LogP contribution in [-0.2, 0) is 0 Å². The van der Waals surface area contributed by atoms with E-state index in [-0.39, 0.29) is 17.3 Å². The normalized spacial score (nSPS) is 12.2. The van der Waals surface area contributed by atoms with E-state index in [2.05, 4.69) is 13.8 Å². The fraction of sp³-hybridized carbons (Fsp3) is 0.500. The Labute approximate surface area is 118 Å². The molecule has 1 N–H and O–H groups in total. The first-order valence-corrected chi connectivity index (χ1v) is 6.48. The Morgan fingerprint density at radius 1 is 1.40 bits per heavy atom. The van der Waals surface area contributed by atoms with Gasteiger partial charge in [0.2, 0.25) is 0 Å². The molecule has 110 valence electrons. The number of carboxylic acids is 1. The maximum Gasteiger partial charge on any atom is 0.342 e. The number of carbonyl (C=O) groups is 1. The third-order valence-corrected chi connectivity index (χ3v) is 3.29. The van der Waals surface area contributed by atoms with E-state index in [0.29, 0.717) is 11.6 Å². The Balaban J connectivity index is 3.11. The van der Waals surface area contributed by atoms with Crippen LogP contribution in [0.4, 0.5) is 11.4 Å². The lowest BCUT2D eigenvalue weighted by atomic mass is 10.0. The van der Waals surface area contributed by atoms with Gasteiger partial charge in [0.15, 0.2) is 0 Å². The van der Waals surface area contributed by atoms with Crippen molar-refractivity contribution in [2.45, 2.75) is 33.2 Å². The highest BCUT2D eigenvalue weighted by Gasteiger charge is 2.22. The molecular weight excluding hydrogens is 260 g/mol. The van der Waals surface area contributed by atoms with E-state index < -0.39 is 10.9 Å². The SMILES string of the molecule is CC(C)CC(C)N(C)c1ccc([N+](=O)[O-])c(C(=O)O)c1. The molecule has 0 saturated carbocycles. The molecule has 0 amide bonds. The zero-order valence-electron chi connectivity index (χ0n) is 12.2. The second kappa shape index (κ2) is 6.36. The summed E-state index contributed by atoms with van der Waals surface area (Å²) in [6.07, 6.45) is 0.954. The Morgan fingerprint density at radius 3 is 2.45 bits per heavy atom. The van der Waals surface area contributed by atoms with Gasteiger partial charge in [-0.1, -0.05) is 13.8 Å². The van der Waals surface area contributed by atoms with Crippen molar-refractivity contribution >= 4 is 17.3 Å². The van der Waals surface area contributed by atoms with Crippen molar-refractivity contribution in [3.63, 3.8) is 0 Å². The van der Waals surface area contributed by atoms with Gasteiger partial charge in [0.25, 0.3) is 5.69 Å². The summed E-state index contributed by atoms with van der Waals surface area (Å²) in [7, 11) is 1.86. The molecule has 0 aliphatic heterocycles. The summed E-state index contributed by atoms with van der Waals surface area (Å²) < 4.78 is 0. The topological polar surface area (TPSA) is 83.7 Å². The highest BCUT2D eigenvalue weighted by atomic mass is 16.6. The van der Waals surface area contributed by atoms with Crippen LogP contribution in [0.5, 0.6) is 0 Å². The van der Waals surface area contributed by atoms with Crippen LogP contribution >= 0.6 is 0 Å². The molecule has 0 aliphatic carbocycles. The van der Waals surface area contributed by atoms with Crippen LogP contribution in [0.1, 0.15) is 37.6 Å². The molecule has 0 aliphatic rings. The quantitative estimate of drug-likeness (QED) is 0.639. The molecule has 0 saturated heterocycles. The van der Waals surface area contributed by atoms with Crippen molar-refractivity contribution in [1.82, 2.24) is 0 Å². The standard InChI is InChI=1S/C14H20N2O4/c1-9(2)7-10(3)15(4)11-5-6-13(16(19)20)12(8-11)14(17)18/h5-6,8-10H,7H2,1-4H3,(H,17,18). The first-order chi connectivity index (χ1) is 9.23. The summed E-state index contributed by atoms with van der Waals surface area (Å²) in [6, 6.07) is 4.41. The summed E-state index contributed by atoms with van der Waals surface area (Å²) in [5, 5.41) is 19.9. The molecule has 1 atom stereocenters. The monoisotopic (exact) mass is 280 g/mol. The van der Waals surface area contributed by atoms with Gasteiger partial charge >= 0.3 is 5.97 Å². The van der Waals surface area contributed by atoms with Crippen molar-refractivity contribution in [3.8, 4) is 0 Å². The van der Waals surface area contributed by atoms with Gasteiger partial charge in [0, 0.05) is 24.8 Å². The number of aromatic carboxylic acids is 1. The number of hydrogen-bond donors (Lipinski definition) is 1. The molecule has 6 heteroatoms. The number of nitro groups is 1. The second-order valence-electron chi connectivity index (χ2n) is 5.35. The lowest BCUT2D eigenvalue weighted by Gasteiger charge is -2.28. The van der Waals surface area contributed by atoms with Gasteiger partial charge in [-0.05, 0) is 31.4 Å². The first-order valence-electron chi connectivity index (χ1n) is 6.48. The molecule has 6 nitrogen and oxygen atoms in total. The lowest BCUT2D eigenvalue weighted by molar-refractivity contribution is -0.385. The molecule has 1 unspecified atom stereocenters. The van der Waals surface area contributed by atoms with Crippen LogP contribution in [0.25, 0.3) is 0 Å². The summed E-state index contributed by atoms with van der Waals surface area (Å²) in [5.41, 5.74) is 0.00316. The molecule has 0 spiro atoms. The fourth-order valence-electron chi connectivity index (χ4n) is 2.17. The van der Waals surface area contributed by atoms with E-state index in [1.807, 2.05) is 18.9 Å². The molecule has 0 radical (unpaired) electrons. The zero-order chi connectivity index (χ0) is 15.4. The third-order valence-electron chi connectivity index (χ3n) is 3.29. The van der Waals surface area contributed by atoms with Crippen LogP contribution in [-0.4, -0.2) is 29.1 Å². The van der Waals surface area contributed by atoms with Crippen molar-refractivity contribution in [2.24, 2.45) is 5.92 Å². The minimum Gasteiger partial charge on any atom is -0.477 e. The van der Waals surface area contributed by atoms with Crippen LogP contribution in [0.3, 0.4) is 0 Å². The van der Waals surface area contributed by atoms with Gasteiger partial charge in [-0.25, -0.2) is 4.79 Å². The molecule has 1 aromatic carbocycles. The molecule has 20 heavy (non-hydrogen) atoms. The van der Waals surface area contributed by atoms with E-state index in [1.54, 1.807) is 6.07 Å². The van der Waals surface area contributed by atoms with Crippen molar-refractivity contribution in [1.29, 1.82) is 0 Å². The molecular formula is C14H20N2O4. The second-order valence-corrected chi connectivity index (χ2v) is 5.35. The molecule has 0 aromatic heterocycles. The van der Waals surface area contributed by atoms with E-state index in [4.69, 9.17) is 5.11 Å². The van der Waals surface area contributed by atoms with Crippen LogP contribution in [0, 0.1) is 16.0 Å². The Morgan fingerprint density at radius 2 is 2.00 bits per heavy atom. The molecule has 0 bridgehead atoms. The highest BCUT2D eigenvalue weighted by Crippen LogP contribution is 2.26. The Hall–Kier alpha value is -2.11. The summed E-state index contributed by atoms with van der Waals surface area (Å²) in [6.45, 7) is 6.27. The van der Waals surface area contributed by atoms with E-state index in [0.717, 1.165) is 6.42 Å². The molecule has 0 fully saturated rings. The van der Waals surface area contributed by atoms with Crippen molar-refractivity contribution in [2.75, 3.05) is 11.9 Å². The maximum atomic E-state index is 11.1. The average molecular weight is 280 g/mol. The number of nitrogens with zero attached hydrogens (tertiary/aromatic N) is 2. The first kappa shape index (κ1) is 15.9. The largest absolute Gasteiger partial charge is 0.477 e. The predicted octanol–water partition coefficient (Wildman–Crippen LogP) is 3.16. The smallest absolute Gasteiger partial charge is 0.342 e. The van der Waals surface area contributed by atoms with Gasteiger partial charge in [-0.3, -0.25) is 10.1 Å². The van der Waals surface area contributed by atoms with E-state index >= 15 is 0 Å². The van der Waals surface area contributed by atoms with E-state index in [1.165, 1.54) is 12.1 Å². The maximum absolute atomic E-state index is 11.1. The number of nitro benzene ring substituents is 1. The van der Waals surface area contributed by atoms with Gasteiger partial charge in [0.05, 0.1) is 4.92 Å². The third kappa shape index (κ3) is 3.69. The van der Waals surface area contributed by atoms with Crippen molar-refractivity contribution < 1.29 is 14.8 Å². The van der Waals surface area contributed by atoms with Crippen molar-refractivity contribution in [3.05, 3.63) is 33.9 Å². The Bertz CT molecular complexity index is 514. The number of hydrogen-bond acceptors (Lipinski definition) is 4.